The fraction of sp³-hybridized carbons (Fsp3) is 0.455. The zero-order valence-corrected chi connectivity index (χ0v) is 15.3. The summed E-state index contributed by atoms with van der Waals surface area (Å²) in [6, 6.07) is 10.8. The number of para-hydroxylation sites is 1. The van der Waals surface area contributed by atoms with Crippen LogP contribution in [0.3, 0.4) is 0 Å². The van der Waals surface area contributed by atoms with Gasteiger partial charge in [-0.15, -0.1) is 0 Å². The van der Waals surface area contributed by atoms with Crippen molar-refractivity contribution in [1.82, 2.24) is 10.3 Å². The maximum absolute atomic E-state index is 12.7. The standard InChI is InChI=1S/C22H27N3O/c26-22(24-19-10-3-1-2-4-11-19)18-14-20(16-23-15-18)25-13-7-9-17-8-5-6-12-21(17)25/h5-6,8,12,14-16,19H,1-4,7,9-11,13H2,(H,24,26). The highest BCUT2D eigenvalue weighted by Crippen LogP contribution is 2.33. The third kappa shape index (κ3) is 3.74. The van der Waals surface area contributed by atoms with Gasteiger partial charge in [0.25, 0.3) is 5.91 Å². The van der Waals surface area contributed by atoms with Crippen molar-refractivity contribution in [3.63, 3.8) is 0 Å². The summed E-state index contributed by atoms with van der Waals surface area (Å²) >= 11 is 0. The molecule has 1 aromatic carbocycles. The minimum atomic E-state index is 0.0107. The summed E-state index contributed by atoms with van der Waals surface area (Å²) in [5, 5.41) is 3.23. The van der Waals surface area contributed by atoms with E-state index in [9.17, 15) is 4.79 Å². The summed E-state index contributed by atoms with van der Waals surface area (Å²) in [4.78, 5) is 19.4. The van der Waals surface area contributed by atoms with Crippen molar-refractivity contribution in [1.29, 1.82) is 0 Å². The lowest BCUT2D eigenvalue weighted by atomic mass is 10.0. The van der Waals surface area contributed by atoms with Crippen molar-refractivity contribution in [3.8, 4) is 0 Å². The summed E-state index contributed by atoms with van der Waals surface area (Å²) < 4.78 is 0. The van der Waals surface area contributed by atoms with Crippen LogP contribution in [0.15, 0.2) is 42.7 Å². The van der Waals surface area contributed by atoms with Crippen LogP contribution < -0.4 is 10.2 Å². The van der Waals surface area contributed by atoms with Gasteiger partial charge in [-0.2, -0.15) is 0 Å². The molecule has 4 rings (SSSR count). The van der Waals surface area contributed by atoms with Crippen LogP contribution in [0.2, 0.25) is 0 Å². The summed E-state index contributed by atoms with van der Waals surface area (Å²) in [6.07, 6.45) is 13.0. The number of carbonyl (C=O) groups excluding carboxylic acids is 1. The Morgan fingerprint density at radius 1 is 1.04 bits per heavy atom. The molecule has 0 unspecified atom stereocenters. The number of nitrogens with one attached hydrogen (secondary N) is 1. The van der Waals surface area contributed by atoms with Crippen LogP contribution in [0, 0.1) is 0 Å². The maximum Gasteiger partial charge on any atom is 0.253 e. The molecule has 2 heterocycles. The molecule has 1 saturated carbocycles. The molecular formula is C22H27N3O. The van der Waals surface area contributed by atoms with Crippen LogP contribution in [0.5, 0.6) is 0 Å². The zero-order valence-electron chi connectivity index (χ0n) is 15.3. The van der Waals surface area contributed by atoms with Crippen molar-refractivity contribution >= 4 is 17.3 Å². The number of benzene rings is 1. The second kappa shape index (κ2) is 7.90. The monoisotopic (exact) mass is 349 g/mol. The van der Waals surface area contributed by atoms with Gasteiger partial charge in [-0.25, -0.2) is 0 Å². The van der Waals surface area contributed by atoms with Gasteiger partial charge in [0.1, 0.15) is 0 Å². The number of anilines is 2. The van der Waals surface area contributed by atoms with E-state index in [-0.39, 0.29) is 5.91 Å². The van der Waals surface area contributed by atoms with Crippen molar-refractivity contribution in [3.05, 3.63) is 53.9 Å². The number of nitrogens with zero attached hydrogens (tertiary/aromatic N) is 2. The van der Waals surface area contributed by atoms with Crippen molar-refractivity contribution in [2.75, 3.05) is 11.4 Å². The van der Waals surface area contributed by atoms with E-state index in [1.807, 2.05) is 12.3 Å². The molecule has 0 spiro atoms. The van der Waals surface area contributed by atoms with Gasteiger partial charge < -0.3 is 10.2 Å². The average Bonchev–Trinajstić information content (AvgIpc) is 2.96. The van der Waals surface area contributed by atoms with E-state index < -0.39 is 0 Å². The van der Waals surface area contributed by atoms with E-state index in [0.29, 0.717) is 11.6 Å². The molecule has 0 bridgehead atoms. The first-order valence-corrected chi connectivity index (χ1v) is 9.92. The molecule has 1 aliphatic carbocycles. The fourth-order valence-corrected chi connectivity index (χ4v) is 4.19. The zero-order chi connectivity index (χ0) is 17.8. The number of pyridine rings is 1. The Bertz CT molecular complexity index is 765. The second-order valence-electron chi connectivity index (χ2n) is 7.48. The minimum Gasteiger partial charge on any atom is -0.349 e. The van der Waals surface area contributed by atoms with Crippen molar-refractivity contribution < 1.29 is 4.79 Å². The highest BCUT2D eigenvalue weighted by molar-refractivity contribution is 5.95. The fourth-order valence-electron chi connectivity index (χ4n) is 4.19. The first-order chi connectivity index (χ1) is 12.8. The van der Waals surface area contributed by atoms with Gasteiger partial charge in [0.2, 0.25) is 0 Å². The third-order valence-corrected chi connectivity index (χ3v) is 5.60. The molecule has 0 atom stereocenters. The van der Waals surface area contributed by atoms with E-state index in [1.54, 1.807) is 6.20 Å². The molecule has 1 fully saturated rings. The maximum atomic E-state index is 12.7. The predicted octanol–water partition coefficient (Wildman–Crippen LogP) is 4.62. The van der Waals surface area contributed by atoms with Crippen molar-refractivity contribution in [2.24, 2.45) is 0 Å². The number of aryl methyl sites for hydroxylation is 1. The van der Waals surface area contributed by atoms with Crippen molar-refractivity contribution in [2.45, 2.75) is 57.4 Å². The Kier molecular flexibility index (Phi) is 5.19. The van der Waals surface area contributed by atoms with E-state index in [2.05, 4.69) is 39.5 Å². The number of aromatic nitrogens is 1. The molecule has 1 aromatic heterocycles. The topological polar surface area (TPSA) is 45.2 Å². The molecule has 1 amide bonds. The summed E-state index contributed by atoms with van der Waals surface area (Å²) in [6.45, 7) is 0.965. The number of carbonyl (C=O) groups is 1. The average molecular weight is 349 g/mol. The molecule has 4 nitrogen and oxygen atoms in total. The highest BCUT2D eigenvalue weighted by atomic mass is 16.1. The van der Waals surface area contributed by atoms with E-state index in [1.165, 1.54) is 36.9 Å². The second-order valence-corrected chi connectivity index (χ2v) is 7.48. The highest BCUT2D eigenvalue weighted by Gasteiger charge is 2.20. The lowest BCUT2D eigenvalue weighted by Crippen LogP contribution is -2.34. The minimum absolute atomic E-state index is 0.0107. The van der Waals surface area contributed by atoms with Crippen LogP contribution in [0.1, 0.15) is 60.9 Å². The van der Waals surface area contributed by atoms with Gasteiger partial charge in [-0.1, -0.05) is 43.9 Å². The number of fused-ring (bicyclic) bond motifs is 1. The molecule has 4 heteroatoms. The van der Waals surface area contributed by atoms with Gasteiger partial charge in [0, 0.05) is 24.5 Å². The quantitative estimate of drug-likeness (QED) is 0.823. The Hall–Kier alpha value is -2.36. The lowest BCUT2D eigenvalue weighted by molar-refractivity contribution is 0.0933. The number of amides is 1. The largest absolute Gasteiger partial charge is 0.349 e. The Morgan fingerprint density at radius 2 is 1.85 bits per heavy atom. The van der Waals surface area contributed by atoms with Gasteiger partial charge in [-0.3, -0.25) is 9.78 Å². The predicted molar refractivity (Wildman–Crippen MR) is 105 cm³/mol. The van der Waals surface area contributed by atoms with E-state index >= 15 is 0 Å². The Labute approximate surface area is 155 Å². The SMILES string of the molecule is O=C(NC1CCCCCC1)c1cncc(N2CCCc3ccccc32)c1. The smallest absolute Gasteiger partial charge is 0.253 e. The van der Waals surface area contributed by atoms with Gasteiger partial charge in [-0.05, 0) is 43.4 Å². The van der Waals surface area contributed by atoms with Crippen LogP contribution >= 0.6 is 0 Å². The first kappa shape index (κ1) is 17.1. The molecular weight excluding hydrogens is 322 g/mol. The van der Waals surface area contributed by atoms with E-state index in [0.717, 1.165) is 37.9 Å². The molecule has 0 saturated heterocycles. The Balaban J connectivity index is 1.53. The van der Waals surface area contributed by atoms with Crippen LogP contribution in [0.25, 0.3) is 0 Å². The number of rotatable bonds is 3. The normalized spacial score (nSPS) is 18.1. The number of hydrogen-bond donors (Lipinski definition) is 1. The Morgan fingerprint density at radius 3 is 2.69 bits per heavy atom. The van der Waals surface area contributed by atoms with Gasteiger partial charge >= 0.3 is 0 Å². The third-order valence-electron chi connectivity index (χ3n) is 5.60. The molecule has 1 N–H and O–H groups in total. The van der Waals surface area contributed by atoms with Crippen LogP contribution in [-0.2, 0) is 6.42 Å². The molecule has 2 aromatic rings. The first-order valence-electron chi connectivity index (χ1n) is 9.92. The molecule has 136 valence electrons. The molecule has 26 heavy (non-hydrogen) atoms. The molecule has 2 aliphatic rings. The van der Waals surface area contributed by atoms with Crippen LogP contribution in [0.4, 0.5) is 11.4 Å². The lowest BCUT2D eigenvalue weighted by Gasteiger charge is -2.31. The number of hydrogen-bond acceptors (Lipinski definition) is 3. The summed E-state index contributed by atoms with van der Waals surface area (Å²) in [7, 11) is 0. The van der Waals surface area contributed by atoms with Gasteiger partial charge in [0.15, 0.2) is 0 Å². The molecule has 0 radical (unpaired) electrons. The summed E-state index contributed by atoms with van der Waals surface area (Å²) in [5.41, 5.74) is 4.27. The van der Waals surface area contributed by atoms with Gasteiger partial charge in [0.05, 0.1) is 17.4 Å². The summed E-state index contributed by atoms with van der Waals surface area (Å²) in [5.74, 6) is 0.0107. The molecule has 1 aliphatic heterocycles. The van der Waals surface area contributed by atoms with Crippen LogP contribution in [-0.4, -0.2) is 23.5 Å². The van der Waals surface area contributed by atoms with E-state index in [4.69, 9.17) is 0 Å².